The molecule has 0 aliphatic carbocycles. The number of hydrogen-bond donors (Lipinski definition) is 0. The van der Waals surface area contributed by atoms with Gasteiger partial charge >= 0.3 is 12.4 Å². The Morgan fingerprint density at radius 3 is 2.09 bits per heavy atom. The van der Waals surface area contributed by atoms with Crippen molar-refractivity contribution in [3.05, 3.63) is 82.9 Å². The van der Waals surface area contributed by atoms with Crippen molar-refractivity contribution < 1.29 is 39.5 Å². The zero-order valence-corrected chi connectivity index (χ0v) is 15.9. The first-order valence-corrected chi connectivity index (χ1v) is 8.81. The Hall–Kier alpha value is -3.55. The van der Waals surface area contributed by atoms with E-state index in [1.165, 1.54) is 12.1 Å². The summed E-state index contributed by atoms with van der Waals surface area (Å²) < 4.78 is 111. The molecule has 0 saturated heterocycles. The van der Waals surface area contributed by atoms with Gasteiger partial charge in [0.1, 0.15) is 29.7 Å². The Balaban J connectivity index is 1.96. The maximum atomic E-state index is 13.4. The maximum absolute atomic E-state index is 13.4. The fraction of sp³-hybridized carbons (Fsp3) is 0.190. The van der Waals surface area contributed by atoms with E-state index < -0.39 is 54.0 Å². The lowest BCUT2D eigenvalue weighted by molar-refractivity contribution is -0.136. The first-order valence-electron chi connectivity index (χ1n) is 8.81. The second-order valence-electron chi connectivity index (χ2n) is 6.71. The van der Waals surface area contributed by atoms with Crippen LogP contribution in [0.2, 0.25) is 0 Å². The van der Waals surface area contributed by atoms with E-state index in [0.717, 1.165) is 24.3 Å². The molecule has 0 saturated carbocycles. The highest BCUT2D eigenvalue weighted by molar-refractivity contribution is 5.63. The van der Waals surface area contributed by atoms with Gasteiger partial charge in [-0.1, -0.05) is 6.07 Å². The van der Waals surface area contributed by atoms with Gasteiger partial charge in [-0.25, -0.2) is 13.6 Å². The minimum Gasteiger partial charge on any atom is -0.459 e. The van der Waals surface area contributed by atoms with Crippen molar-refractivity contribution in [3.8, 4) is 11.3 Å². The predicted molar refractivity (Wildman–Crippen MR) is 98.9 cm³/mol. The van der Waals surface area contributed by atoms with Gasteiger partial charge in [-0.3, -0.25) is 0 Å². The van der Waals surface area contributed by atoms with Gasteiger partial charge in [0.05, 0.1) is 18.7 Å². The molecule has 0 radical (unpaired) electrons. The average Bonchev–Trinajstić information content (AvgIpc) is 3.13. The summed E-state index contributed by atoms with van der Waals surface area (Å²) in [6.07, 6.45) is -9.71. The first kappa shape index (κ1) is 23.1. The van der Waals surface area contributed by atoms with Crippen LogP contribution in [0.25, 0.3) is 16.2 Å². The molecule has 0 N–H and O–H groups in total. The van der Waals surface area contributed by atoms with E-state index in [2.05, 4.69) is 4.85 Å². The quantitative estimate of drug-likeness (QED) is 0.293. The molecular weight excluding hydrogens is 448 g/mol. The second-order valence-corrected chi connectivity index (χ2v) is 6.71. The van der Waals surface area contributed by atoms with E-state index in [1.54, 1.807) is 0 Å². The molecule has 1 heterocycles. The number of nitrogens with zero attached hydrogens (tertiary/aromatic N) is 2. The van der Waals surface area contributed by atoms with E-state index in [0.29, 0.717) is 17.0 Å². The van der Waals surface area contributed by atoms with E-state index in [4.69, 9.17) is 11.0 Å². The molecule has 0 fully saturated rings. The Morgan fingerprint density at radius 1 is 0.875 bits per heavy atom. The molecule has 0 atom stereocenters. The standard InChI is InChI=1S/C21H12F8N2O/c1-30-18-4-2-15(9-17(18)21(27,28)29)31(11-20(24,25)26)10-16-3-5-19(32-16)12-6-13(22)8-14(23)7-12/h2-9H,10-11H2. The SMILES string of the molecule is [C-]#[N+]c1ccc(N(Cc2ccc(-c3cc(F)cc(F)c3)o2)CC(F)(F)F)cc1C(F)(F)F. The lowest BCUT2D eigenvalue weighted by atomic mass is 10.1. The van der Waals surface area contributed by atoms with Gasteiger partial charge in [-0.05, 0) is 36.4 Å². The Kier molecular flexibility index (Phi) is 6.16. The number of hydrogen-bond acceptors (Lipinski definition) is 2. The molecule has 11 heteroatoms. The van der Waals surface area contributed by atoms with Crippen LogP contribution in [0, 0.1) is 18.2 Å². The van der Waals surface area contributed by atoms with Crippen molar-refractivity contribution in [2.45, 2.75) is 18.9 Å². The third kappa shape index (κ3) is 5.57. The van der Waals surface area contributed by atoms with Crippen LogP contribution >= 0.6 is 0 Å². The van der Waals surface area contributed by atoms with E-state index in [-0.39, 0.29) is 17.1 Å². The van der Waals surface area contributed by atoms with Crippen molar-refractivity contribution in [2.75, 3.05) is 11.4 Å². The summed E-state index contributed by atoms with van der Waals surface area (Å²) in [5.41, 5.74) is -2.55. The smallest absolute Gasteiger partial charge is 0.407 e. The van der Waals surface area contributed by atoms with Crippen LogP contribution in [0.3, 0.4) is 0 Å². The fourth-order valence-corrected chi connectivity index (χ4v) is 3.00. The molecule has 1 aromatic heterocycles. The van der Waals surface area contributed by atoms with Gasteiger partial charge in [0.25, 0.3) is 0 Å². The molecular formula is C21H12F8N2O. The molecule has 3 aromatic rings. The van der Waals surface area contributed by atoms with Gasteiger partial charge in [0, 0.05) is 17.3 Å². The first-order chi connectivity index (χ1) is 14.9. The van der Waals surface area contributed by atoms with Crippen LogP contribution in [0.15, 0.2) is 52.9 Å². The lowest BCUT2D eigenvalue weighted by Gasteiger charge is -2.26. The Morgan fingerprint density at radius 2 is 1.53 bits per heavy atom. The molecule has 0 bridgehead atoms. The van der Waals surface area contributed by atoms with Crippen molar-refractivity contribution in [1.82, 2.24) is 0 Å². The van der Waals surface area contributed by atoms with Crippen LogP contribution < -0.4 is 4.90 Å². The van der Waals surface area contributed by atoms with Crippen LogP contribution in [-0.2, 0) is 12.7 Å². The summed E-state index contributed by atoms with van der Waals surface area (Å²) >= 11 is 0. The average molecular weight is 460 g/mol. The molecule has 0 aliphatic rings. The summed E-state index contributed by atoms with van der Waals surface area (Å²) in [7, 11) is 0. The number of benzene rings is 2. The van der Waals surface area contributed by atoms with Gasteiger partial charge in [-0.15, -0.1) is 0 Å². The second kappa shape index (κ2) is 8.53. The summed E-state index contributed by atoms with van der Waals surface area (Å²) in [6.45, 7) is 4.65. The van der Waals surface area contributed by atoms with Crippen molar-refractivity contribution in [1.29, 1.82) is 0 Å². The third-order valence-corrected chi connectivity index (χ3v) is 4.30. The van der Waals surface area contributed by atoms with Crippen LogP contribution in [0.5, 0.6) is 0 Å². The summed E-state index contributed by atoms with van der Waals surface area (Å²) in [5, 5.41) is 0. The van der Waals surface area contributed by atoms with Gasteiger partial charge in [0.2, 0.25) is 0 Å². The lowest BCUT2D eigenvalue weighted by Crippen LogP contribution is -2.33. The van der Waals surface area contributed by atoms with E-state index in [9.17, 15) is 35.1 Å². The zero-order valence-electron chi connectivity index (χ0n) is 15.9. The van der Waals surface area contributed by atoms with E-state index in [1.807, 2.05) is 0 Å². The van der Waals surface area contributed by atoms with Crippen molar-refractivity contribution in [2.24, 2.45) is 0 Å². The topological polar surface area (TPSA) is 20.7 Å². The van der Waals surface area contributed by atoms with Gasteiger partial charge < -0.3 is 9.32 Å². The minimum atomic E-state index is -4.95. The molecule has 3 nitrogen and oxygen atoms in total. The summed E-state index contributed by atoms with van der Waals surface area (Å²) in [6, 6.07) is 7.29. The number of halogens is 8. The van der Waals surface area contributed by atoms with Crippen molar-refractivity contribution in [3.63, 3.8) is 0 Å². The fourth-order valence-electron chi connectivity index (χ4n) is 3.00. The van der Waals surface area contributed by atoms with Crippen LogP contribution in [0.1, 0.15) is 11.3 Å². The molecule has 2 aromatic carbocycles. The Bertz CT molecular complexity index is 1140. The van der Waals surface area contributed by atoms with Crippen molar-refractivity contribution >= 4 is 11.4 Å². The molecule has 0 unspecified atom stereocenters. The zero-order chi connectivity index (χ0) is 23.7. The third-order valence-electron chi connectivity index (χ3n) is 4.30. The molecule has 32 heavy (non-hydrogen) atoms. The molecule has 0 spiro atoms. The Labute approximate surface area is 176 Å². The highest BCUT2D eigenvalue weighted by Crippen LogP contribution is 2.39. The summed E-state index contributed by atoms with van der Waals surface area (Å²) in [5.74, 6) is -1.91. The van der Waals surface area contributed by atoms with Gasteiger partial charge in [-0.2, -0.15) is 26.3 Å². The van der Waals surface area contributed by atoms with Crippen LogP contribution in [-0.4, -0.2) is 12.7 Å². The number of alkyl halides is 6. The number of rotatable bonds is 5. The molecule has 0 amide bonds. The predicted octanol–water partition coefficient (Wildman–Crippen LogP) is 7.36. The highest BCUT2D eigenvalue weighted by Gasteiger charge is 2.36. The van der Waals surface area contributed by atoms with E-state index >= 15 is 0 Å². The summed E-state index contributed by atoms with van der Waals surface area (Å²) in [4.78, 5) is 3.35. The molecule has 168 valence electrons. The minimum absolute atomic E-state index is 0.00288. The monoisotopic (exact) mass is 460 g/mol. The number of furan rings is 1. The highest BCUT2D eigenvalue weighted by atomic mass is 19.4. The van der Waals surface area contributed by atoms with Crippen LogP contribution in [0.4, 0.5) is 46.5 Å². The molecule has 3 rings (SSSR count). The van der Waals surface area contributed by atoms with Gasteiger partial charge in [0.15, 0.2) is 5.69 Å². The maximum Gasteiger partial charge on any atom is 0.407 e. The largest absolute Gasteiger partial charge is 0.459 e. The normalized spacial score (nSPS) is 12.0. The molecule has 0 aliphatic heterocycles. The number of anilines is 1.